The lowest BCUT2D eigenvalue weighted by Crippen LogP contribution is -2.37. The Labute approximate surface area is 136 Å². The van der Waals surface area contributed by atoms with Gasteiger partial charge in [-0.15, -0.1) is 0 Å². The number of amides is 1. The van der Waals surface area contributed by atoms with E-state index >= 15 is 0 Å². The summed E-state index contributed by atoms with van der Waals surface area (Å²) < 4.78 is 7.57. The Morgan fingerprint density at radius 3 is 2.91 bits per heavy atom. The van der Waals surface area contributed by atoms with Crippen LogP contribution in [0.5, 0.6) is 0 Å². The van der Waals surface area contributed by atoms with Crippen molar-refractivity contribution in [3.05, 3.63) is 30.1 Å². The van der Waals surface area contributed by atoms with Crippen molar-refractivity contribution in [2.45, 2.75) is 38.2 Å². The zero-order valence-corrected chi connectivity index (χ0v) is 14.2. The maximum atomic E-state index is 12.3. The van der Waals surface area contributed by atoms with Gasteiger partial charge in [-0.1, -0.05) is 6.07 Å². The number of hydrogen-bond acceptors (Lipinski definition) is 3. The van der Waals surface area contributed by atoms with Crippen molar-refractivity contribution in [2.75, 3.05) is 13.1 Å². The van der Waals surface area contributed by atoms with Crippen LogP contribution in [0.4, 0.5) is 4.79 Å². The molecule has 1 saturated carbocycles. The molecular weight excluding hydrogens is 290 g/mol. The Morgan fingerprint density at radius 1 is 1.39 bits per heavy atom. The maximum Gasteiger partial charge on any atom is 0.410 e. The predicted molar refractivity (Wildman–Crippen MR) is 88.3 cm³/mol. The highest BCUT2D eigenvalue weighted by Crippen LogP contribution is 2.59. The number of carbonyl (C=O) groups is 1. The minimum atomic E-state index is -0.440. The van der Waals surface area contributed by atoms with Crippen LogP contribution in [-0.2, 0) is 17.2 Å². The molecule has 5 nitrogen and oxygen atoms in total. The summed E-state index contributed by atoms with van der Waals surface area (Å²) in [5.74, 6) is 0.556. The molecule has 0 N–H and O–H groups in total. The van der Waals surface area contributed by atoms with Crippen LogP contribution in [0.15, 0.2) is 24.5 Å². The van der Waals surface area contributed by atoms with Crippen LogP contribution in [0.2, 0.25) is 0 Å². The van der Waals surface area contributed by atoms with Crippen molar-refractivity contribution in [3.63, 3.8) is 0 Å². The number of aryl methyl sites for hydroxylation is 1. The van der Waals surface area contributed by atoms with Crippen LogP contribution in [0.3, 0.4) is 0 Å². The second kappa shape index (κ2) is 4.49. The molecule has 2 aromatic rings. The molecule has 1 amide bonds. The first-order valence-electron chi connectivity index (χ1n) is 8.18. The van der Waals surface area contributed by atoms with Gasteiger partial charge in [0.05, 0.1) is 17.4 Å². The lowest BCUT2D eigenvalue weighted by molar-refractivity contribution is 0.0270. The average molecular weight is 313 g/mol. The lowest BCUT2D eigenvalue weighted by atomic mass is 9.94. The first kappa shape index (κ1) is 14.5. The van der Waals surface area contributed by atoms with Crippen LogP contribution >= 0.6 is 0 Å². The molecular formula is C18H23N3O2. The van der Waals surface area contributed by atoms with E-state index < -0.39 is 5.60 Å². The summed E-state index contributed by atoms with van der Waals surface area (Å²) in [6, 6.07) is 6.50. The fourth-order valence-corrected chi connectivity index (χ4v) is 3.83. The summed E-state index contributed by atoms with van der Waals surface area (Å²) in [6.07, 6.45) is 2.82. The van der Waals surface area contributed by atoms with E-state index in [9.17, 15) is 4.79 Å². The molecule has 1 aliphatic heterocycles. The molecule has 1 aromatic carbocycles. The largest absolute Gasteiger partial charge is 0.444 e. The van der Waals surface area contributed by atoms with E-state index in [2.05, 4.69) is 23.2 Å². The third-order valence-electron chi connectivity index (χ3n) is 5.10. The van der Waals surface area contributed by atoms with E-state index in [1.807, 2.05) is 43.6 Å². The number of carbonyl (C=O) groups excluding carboxylic acids is 1. The highest BCUT2D eigenvalue weighted by Gasteiger charge is 2.62. The minimum Gasteiger partial charge on any atom is -0.444 e. The fraction of sp³-hybridized carbons (Fsp3) is 0.556. The predicted octanol–water partition coefficient (Wildman–Crippen LogP) is 3.08. The third kappa shape index (κ3) is 2.30. The number of piperidine rings is 1. The fourth-order valence-electron chi connectivity index (χ4n) is 3.83. The van der Waals surface area contributed by atoms with Gasteiger partial charge >= 0.3 is 6.09 Å². The standard InChI is InChI=1S/C18H23N3O2/c1-17(2,3)23-16(22)21-9-13-8-18(13,10-21)12-5-6-14-15(7-12)20(4)11-19-14/h5-7,11,13H,8-10H2,1-4H3. The second-order valence-corrected chi connectivity index (χ2v) is 7.98. The zero-order chi connectivity index (χ0) is 16.4. The Morgan fingerprint density at radius 2 is 2.17 bits per heavy atom. The van der Waals surface area contributed by atoms with Crippen LogP contribution in [-0.4, -0.2) is 39.2 Å². The van der Waals surface area contributed by atoms with Crippen molar-refractivity contribution in [1.29, 1.82) is 0 Å². The molecule has 0 bridgehead atoms. The molecule has 2 fully saturated rings. The van der Waals surface area contributed by atoms with Crippen LogP contribution < -0.4 is 0 Å². The van der Waals surface area contributed by atoms with Gasteiger partial charge in [0.15, 0.2) is 0 Å². The van der Waals surface area contributed by atoms with Crippen molar-refractivity contribution >= 4 is 17.1 Å². The zero-order valence-electron chi connectivity index (χ0n) is 14.2. The van der Waals surface area contributed by atoms with E-state index in [-0.39, 0.29) is 11.5 Å². The van der Waals surface area contributed by atoms with Crippen molar-refractivity contribution in [3.8, 4) is 0 Å². The monoisotopic (exact) mass is 313 g/mol. The molecule has 4 rings (SSSR count). The SMILES string of the molecule is Cn1cnc2ccc(C34CC3CN(C(=O)OC(C)(C)C)C4)cc21. The lowest BCUT2D eigenvalue weighted by Gasteiger charge is -2.26. The quantitative estimate of drug-likeness (QED) is 0.813. The highest BCUT2D eigenvalue weighted by molar-refractivity contribution is 5.77. The second-order valence-electron chi connectivity index (χ2n) is 7.98. The summed E-state index contributed by atoms with van der Waals surface area (Å²) >= 11 is 0. The summed E-state index contributed by atoms with van der Waals surface area (Å²) in [5, 5.41) is 0. The number of aromatic nitrogens is 2. The maximum absolute atomic E-state index is 12.3. The third-order valence-corrected chi connectivity index (χ3v) is 5.10. The van der Waals surface area contributed by atoms with Gasteiger partial charge in [-0.05, 0) is 50.8 Å². The van der Waals surface area contributed by atoms with Gasteiger partial charge in [-0.25, -0.2) is 9.78 Å². The van der Waals surface area contributed by atoms with Gasteiger partial charge in [-0.3, -0.25) is 0 Å². The van der Waals surface area contributed by atoms with Gasteiger partial charge in [0.2, 0.25) is 0 Å². The summed E-state index contributed by atoms with van der Waals surface area (Å²) in [4.78, 5) is 18.6. The van der Waals surface area contributed by atoms with Crippen molar-refractivity contribution in [1.82, 2.24) is 14.5 Å². The van der Waals surface area contributed by atoms with E-state index in [4.69, 9.17) is 4.74 Å². The van der Waals surface area contributed by atoms with Crippen LogP contribution in [0.1, 0.15) is 32.8 Å². The summed E-state index contributed by atoms with van der Waals surface area (Å²) in [6.45, 7) is 7.30. The van der Waals surface area contributed by atoms with Crippen molar-refractivity contribution in [2.24, 2.45) is 13.0 Å². The topological polar surface area (TPSA) is 47.4 Å². The molecule has 2 aliphatic rings. The number of likely N-dealkylation sites (tertiary alicyclic amines) is 1. The number of rotatable bonds is 1. The van der Waals surface area contributed by atoms with E-state index in [1.54, 1.807) is 0 Å². The molecule has 5 heteroatoms. The van der Waals surface area contributed by atoms with Gasteiger partial charge in [-0.2, -0.15) is 0 Å². The normalized spacial score (nSPS) is 26.4. The van der Waals surface area contributed by atoms with Gasteiger partial charge < -0.3 is 14.2 Å². The Kier molecular flexibility index (Phi) is 2.84. The van der Waals surface area contributed by atoms with Crippen LogP contribution in [0, 0.1) is 5.92 Å². The van der Waals surface area contributed by atoms with Crippen molar-refractivity contribution < 1.29 is 9.53 Å². The molecule has 2 unspecified atom stereocenters. The molecule has 1 aromatic heterocycles. The Balaban J connectivity index is 1.58. The number of benzene rings is 1. The van der Waals surface area contributed by atoms with Gasteiger partial charge in [0, 0.05) is 25.6 Å². The summed E-state index contributed by atoms with van der Waals surface area (Å²) in [7, 11) is 2.02. The van der Waals surface area contributed by atoms with E-state index in [0.717, 1.165) is 30.5 Å². The molecule has 0 spiro atoms. The van der Waals surface area contributed by atoms with Gasteiger partial charge in [0.25, 0.3) is 0 Å². The molecule has 2 heterocycles. The molecule has 1 saturated heterocycles. The Hall–Kier alpha value is -2.04. The highest BCUT2D eigenvalue weighted by atomic mass is 16.6. The molecule has 23 heavy (non-hydrogen) atoms. The van der Waals surface area contributed by atoms with Gasteiger partial charge in [0.1, 0.15) is 5.60 Å². The smallest absolute Gasteiger partial charge is 0.410 e. The molecule has 1 aliphatic carbocycles. The molecule has 122 valence electrons. The number of fused-ring (bicyclic) bond motifs is 2. The average Bonchev–Trinajstić information content (AvgIpc) is 2.85. The van der Waals surface area contributed by atoms with E-state index in [0.29, 0.717) is 5.92 Å². The van der Waals surface area contributed by atoms with Crippen LogP contribution in [0.25, 0.3) is 11.0 Å². The number of ether oxygens (including phenoxy) is 1. The number of nitrogens with zero attached hydrogens (tertiary/aromatic N) is 3. The molecule has 0 radical (unpaired) electrons. The minimum absolute atomic E-state index is 0.120. The number of imidazole rings is 1. The number of hydrogen-bond donors (Lipinski definition) is 0. The first-order chi connectivity index (χ1) is 10.8. The first-order valence-corrected chi connectivity index (χ1v) is 8.18. The summed E-state index contributed by atoms with van der Waals surface area (Å²) in [5.41, 5.74) is 3.18. The molecule has 2 atom stereocenters. The van der Waals surface area contributed by atoms with E-state index in [1.165, 1.54) is 5.56 Å². The Bertz CT molecular complexity index is 789.